The summed E-state index contributed by atoms with van der Waals surface area (Å²) in [7, 11) is 0. The second-order valence-electron chi connectivity index (χ2n) is 8.10. The summed E-state index contributed by atoms with van der Waals surface area (Å²) in [5, 5.41) is 0.679. The van der Waals surface area contributed by atoms with E-state index in [2.05, 4.69) is 11.9 Å². The van der Waals surface area contributed by atoms with Crippen LogP contribution in [0, 0.1) is 6.92 Å². The van der Waals surface area contributed by atoms with E-state index >= 15 is 0 Å². The van der Waals surface area contributed by atoms with Gasteiger partial charge in [0.2, 0.25) is 5.91 Å². The molecule has 0 radical (unpaired) electrons. The number of amides is 1. The average Bonchev–Trinajstić information content (AvgIpc) is 2.79. The van der Waals surface area contributed by atoms with Gasteiger partial charge in [0.05, 0.1) is 16.2 Å². The van der Waals surface area contributed by atoms with E-state index in [4.69, 9.17) is 4.98 Å². The smallest absolute Gasteiger partial charge is 0.267 e. The Balaban J connectivity index is 1.74. The van der Waals surface area contributed by atoms with E-state index in [9.17, 15) is 9.59 Å². The molecule has 0 saturated carbocycles. The number of aryl methyl sites for hydroxylation is 1. The van der Waals surface area contributed by atoms with Gasteiger partial charge in [-0.3, -0.25) is 9.59 Å². The number of piperidine rings is 1. The predicted octanol–water partition coefficient (Wildman–Crippen LogP) is 4.36. The molecule has 0 aliphatic carbocycles. The molecule has 1 fully saturated rings. The second-order valence-corrected chi connectivity index (χ2v) is 9.40. The summed E-state index contributed by atoms with van der Waals surface area (Å²) >= 11 is 1.33. The van der Waals surface area contributed by atoms with Crippen LogP contribution >= 0.6 is 11.8 Å². The van der Waals surface area contributed by atoms with Crippen molar-refractivity contribution in [2.75, 3.05) is 6.54 Å². The summed E-state index contributed by atoms with van der Waals surface area (Å²) in [6.45, 7) is 6.80. The maximum absolute atomic E-state index is 13.4. The van der Waals surface area contributed by atoms with Crippen LogP contribution in [0.1, 0.15) is 45.1 Å². The number of para-hydroxylation sites is 1. The molecule has 1 amide bonds. The normalized spacial score (nSPS) is 17.6. The van der Waals surface area contributed by atoms with Crippen molar-refractivity contribution in [3.05, 3.63) is 58.5 Å². The van der Waals surface area contributed by atoms with Crippen LogP contribution in [-0.2, 0) is 4.79 Å². The van der Waals surface area contributed by atoms with Crippen LogP contribution in [0.2, 0.25) is 0 Å². The molecule has 31 heavy (non-hydrogen) atoms. The SMILES string of the molecule is CCC1CCCCN1C(=O)C(C)Sc1nc2ccccc2c(=O)n1-c1ccc(C)cn1. The van der Waals surface area contributed by atoms with Crippen molar-refractivity contribution in [3.63, 3.8) is 0 Å². The summed E-state index contributed by atoms with van der Waals surface area (Å²) < 4.78 is 1.53. The highest BCUT2D eigenvalue weighted by atomic mass is 32.2. The molecular formula is C24H28N4O2S. The third kappa shape index (κ3) is 4.37. The number of hydrogen-bond donors (Lipinski definition) is 0. The molecule has 3 heterocycles. The predicted molar refractivity (Wildman–Crippen MR) is 125 cm³/mol. The number of pyridine rings is 1. The number of fused-ring (bicyclic) bond motifs is 1. The highest BCUT2D eigenvalue weighted by Gasteiger charge is 2.30. The van der Waals surface area contributed by atoms with Crippen molar-refractivity contribution in [2.24, 2.45) is 0 Å². The standard InChI is InChI=1S/C24H28N4O2S/c1-4-18-9-7-8-14-27(18)22(29)17(3)31-24-26-20-11-6-5-10-19(20)23(30)28(24)21-13-12-16(2)15-25-21/h5-6,10-13,15,17-18H,4,7-9,14H2,1-3H3. The number of benzene rings is 1. The van der Waals surface area contributed by atoms with Gasteiger partial charge in [-0.05, 0) is 63.3 Å². The van der Waals surface area contributed by atoms with Gasteiger partial charge >= 0.3 is 0 Å². The van der Waals surface area contributed by atoms with Crippen LogP contribution in [-0.4, -0.2) is 43.2 Å². The van der Waals surface area contributed by atoms with E-state index in [1.54, 1.807) is 12.3 Å². The van der Waals surface area contributed by atoms with E-state index in [1.807, 2.05) is 49.1 Å². The van der Waals surface area contributed by atoms with E-state index in [1.165, 1.54) is 22.7 Å². The maximum atomic E-state index is 13.4. The van der Waals surface area contributed by atoms with Crippen LogP contribution < -0.4 is 5.56 Å². The third-order valence-electron chi connectivity index (χ3n) is 5.88. The van der Waals surface area contributed by atoms with E-state index in [0.29, 0.717) is 27.9 Å². The quantitative estimate of drug-likeness (QED) is 0.439. The number of likely N-dealkylation sites (tertiary alicyclic amines) is 1. The molecule has 162 valence electrons. The summed E-state index contributed by atoms with van der Waals surface area (Å²) in [6, 6.07) is 11.4. The number of rotatable bonds is 5. The zero-order valence-corrected chi connectivity index (χ0v) is 19.1. The van der Waals surface area contributed by atoms with Gasteiger partial charge in [0, 0.05) is 18.8 Å². The molecule has 2 aromatic heterocycles. The number of carbonyl (C=O) groups excluding carboxylic acids is 1. The molecule has 4 rings (SSSR count). The Hall–Kier alpha value is -2.67. The molecule has 0 N–H and O–H groups in total. The van der Waals surface area contributed by atoms with Crippen molar-refractivity contribution >= 4 is 28.6 Å². The average molecular weight is 437 g/mol. The Morgan fingerprint density at radius 1 is 1.23 bits per heavy atom. The van der Waals surface area contributed by atoms with Gasteiger partial charge < -0.3 is 4.90 Å². The Kier molecular flexibility index (Phi) is 6.41. The van der Waals surface area contributed by atoms with Gasteiger partial charge in [0.1, 0.15) is 5.82 Å². The minimum absolute atomic E-state index is 0.113. The van der Waals surface area contributed by atoms with E-state index in [-0.39, 0.29) is 16.7 Å². The topological polar surface area (TPSA) is 68.1 Å². The first-order valence-corrected chi connectivity index (χ1v) is 11.8. The zero-order chi connectivity index (χ0) is 22.0. The van der Waals surface area contributed by atoms with Crippen LogP contribution in [0.4, 0.5) is 0 Å². The first kappa shape index (κ1) is 21.6. The van der Waals surface area contributed by atoms with E-state index in [0.717, 1.165) is 31.4 Å². The summed E-state index contributed by atoms with van der Waals surface area (Å²) in [5.74, 6) is 0.628. The van der Waals surface area contributed by atoms with Gasteiger partial charge in [-0.1, -0.05) is 36.9 Å². The number of thioether (sulfide) groups is 1. The van der Waals surface area contributed by atoms with Crippen molar-refractivity contribution in [3.8, 4) is 5.82 Å². The van der Waals surface area contributed by atoms with Gasteiger partial charge in [-0.2, -0.15) is 0 Å². The lowest BCUT2D eigenvalue weighted by Gasteiger charge is -2.36. The maximum Gasteiger partial charge on any atom is 0.267 e. The fourth-order valence-corrected chi connectivity index (χ4v) is 5.13. The molecule has 1 saturated heterocycles. The minimum Gasteiger partial charge on any atom is -0.339 e. The Morgan fingerprint density at radius 3 is 2.77 bits per heavy atom. The molecule has 0 bridgehead atoms. The van der Waals surface area contributed by atoms with Gasteiger partial charge in [-0.15, -0.1) is 0 Å². The van der Waals surface area contributed by atoms with Crippen LogP contribution in [0.25, 0.3) is 16.7 Å². The number of nitrogens with zero attached hydrogens (tertiary/aromatic N) is 4. The highest BCUT2D eigenvalue weighted by Crippen LogP contribution is 2.28. The summed E-state index contributed by atoms with van der Waals surface area (Å²) in [6.07, 6.45) is 5.99. The number of carbonyl (C=O) groups is 1. The molecule has 2 atom stereocenters. The van der Waals surface area contributed by atoms with Crippen LogP contribution in [0.15, 0.2) is 52.5 Å². The van der Waals surface area contributed by atoms with Crippen molar-refractivity contribution in [1.29, 1.82) is 0 Å². The van der Waals surface area contributed by atoms with Crippen LogP contribution in [0.5, 0.6) is 0 Å². The lowest BCUT2D eigenvalue weighted by Crippen LogP contribution is -2.46. The number of aromatic nitrogens is 3. The molecule has 2 unspecified atom stereocenters. The van der Waals surface area contributed by atoms with Crippen molar-refractivity contribution < 1.29 is 4.79 Å². The summed E-state index contributed by atoms with van der Waals surface area (Å²) in [4.78, 5) is 37.9. The molecule has 0 spiro atoms. The number of hydrogen-bond acceptors (Lipinski definition) is 5. The van der Waals surface area contributed by atoms with E-state index < -0.39 is 0 Å². The molecule has 1 aliphatic rings. The molecule has 1 aliphatic heterocycles. The second kappa shape index (κ2) is 9.22. The fraction of sp³-hybridized carbons (Fsp3) is 0.417. The lowest BCUT2D eigenvalue weighted by molar-refractivity contribution is -0.134. The minimum atomic E-state index is -0.350. The molecule has 1 aromatic carbocycles. The lowest BCUT2D eigenvalue weighted by atomic mass is 10.00. The monoisotopic (exact) mass is 436 g/mol. The van der Waals surface area contributed by atoms with Gasteiger partial charge in [-0.25, -0.2) is 14.5 Å². The largest absolute Gasteiger partial charge is 0.339 e. The third-order valence-corrected chi connectivity index (χ3v) is 6.92. The Morgan fingerprint density at radius 2 is 2.03 bits per heavy atom. The van der Waals surface area contributed by atoms with Gasteiger partial charge in [0.15, 0.2) is 5.16 Å². The summed E-state index contributed by atoms with van der Waals surface area (Å²) in [5.41, 5.74) is 1.47. The zero-order valence-electron chi connectivity index (χ0n) is 18.2. The Labute approximate surface area is 186 Å². The molecule has 3 aromatic rings. The first-order chi connectivity index (χ1) is 15.0. The van der Waals surface area contributed by atoms with Crippen molar-refractivity contribution in [2.45, 2.75) is 62.9 Å². The fourth-order valence-electron chi connectivity index (χ4n) is 4.14. The molecule has 6 nitrogen and oxygen atoms in total. The first-order valence-electron chi connectivity index (χ1n) is 10.9. The van der Waals surface area contributed by atoms with Gasteiger partial charge in [0.25, 0.3) is 5.56 Å². The molecular weight excluding hydrogens is 408 g/mol. The van der Waals surface area contributed by atoms with Crippen LogP contribution in [0.3, 0.4) is 0 Å². The molecule has 7 heteroatoms. The highest BCUT2D eigenvalue weighted by molar-refractivity contribution is 8.00. The Bertz CT molecular complexity index is 1140. The van der Waals surface area contributed by atoms with Crippen molar-refractivity contribution in [1.82, 2.24) is 19.4 Å².